The molecule has 74 valence electrons. The van der Waals surface area contributed by atoms with Crippen LogP contribution in [-0.2, 0) is 9.53 Å². The van der Waals surface area contributed by atoms with Crippen molar-refractivity contribution in [2.24, 2.45) is 5.92 Å². The summed E-state index contributed by atoms with van der Waals surface area (Å²) in [6.45, 7) is 5.03. The Morgan fingerprint density at radius 3 is 3.00 bits per heavy atom. The SMILES string of the molecule is CC1(C2CCNC2)CNC(=O)CO1. The molecule has 2 N–H and O–H groups in total. The van der Waals surface area contributed by atoms with Crippen LogP contribution in [-0.4, -0.2) is 37.7 Å². The van der Waals surface area contributed by atoms with E-state index in [1.807, 2.05) is 0 Å². The van der Waals surface area contributed by atoms with Crippen LogP contribution in [0, 0.1) is 5.92 Å². The molecule has 1 amide bonds. The van der Waals surface area contributed by atoms with Gasteiger partial charge in [-0.15, -0.1) is 0 Å². The Balaban J connectivity index is 1.98. The Morgan fingerprint density at radius 2 is 2.46 bits per heavy atom. The molecule has 4 heteroatoms. The monoisotopic (exact) mass is 184 g/mol. The van der Waals surface area contributed by atoms with Gasteiger partial charge in [-0.2, -0.15) is 0 Å². The number of carbonyl (C=O) groups is 1. The lowest BCUT2D eigenvalue weighted by Gasteiger charge is -2.38. The molecular weight excluding hydrogens is 168 g/mol. The number of nitrogens with one attached hydrogen (secondary N) is 2. The van der Waals surface area contributed by atoms with E-state index in [0.29, 0.717) is 12.5 Å². The smallest absolute Gasteiger partial charge is 0.246 e. The molecule has 0 aromatic heterocycles. The van der Waals surface area contributed by atoms with Crippen molar-refractivity contribution in [2.75, 3.05) is 26.2 Å². The highest BCUT2D eigenvalue weighted by Crippen LogP contribution is 2.27. The summed E-state index contributed by atoms with van der Waals surface area (Å²) in [5.74, 6) is 0.538. The standard InChI is InChI=1S/C9H16N2O2/c1-9(7-2-3-10-4-7)6-11-8(12)5-13-9/h7,10H,2-6H2,1H3,(H,11,12). The maximum atomic E-state index is 10.9. The number of morpholine rings is 1. The van der Waals surface area contributed by atoms with Crippen LogP contribution in [0.4, 0.5) is 0 Å². The molecule has 2 saturated heterocycles. The highest BCUT2D eigenvalue weighted by molar-refractivity contribution is 5.78. The third-order valence-corrected chi connectivity index (χ3v) is 3.09. The fourth-order valence-electron chi connectivity index (χ4n) is 2.04. The van der Waals surface area contributed by atoms with Crippen LogP contribution >= 0.6 is 0 Å². The summed E-state index contributed by atoms with van der Waals surface area (Å²) in [6.07, 6.45) is 1.15. The van der Waals surface area contributed by atoms with Crippen molar-refractivity contribution in [2.45, 2.75) is 18.9 Å². The molecule has 2 rings (SSSR count). The predicted octanol–water partition coefficient (Wildman–Crippen LogP) is -0.499. The zero-order chi connectivity index (χ0) is 9.31. The Hall–Kier alpha value is -0.610. The fourth-order valence-corrected chi connectivity index (χ4v) is 2.04. The van der Waals surface area contributed by atoms with Gasteiger partial charge in [-0.25, -0.2) is 0 Å². The van der Waals surface area contributed by atoms with E-state index in [9.17, 15) is 4.79 Å². The van der Waals surface area contributed by atoms with Crippen LogP contribution in [0.25, 0.3) is 0 Å². The number of amides is 1. The minimum atomic E-state index is -0.155. The van der Waals surface area contributed by atoms with Crippen molar-refractivity contribution in [3.05, 3.63) is 0 Å². The zero-order valence-corrected chi connectivity index (χ0v) is 7.93. The first kappa shape index (κ1) is 8.97. The van der Waals surface area contributed by atoms with Crippen LogP contribution in [0.5, 0.6) is 0 Å². The quantitative estimate of drug-likeness (QED) is 0.577. The van der Waals surface area contributed by atoms with Gasteiger partial charge >= 0.3 is 0 Å². The molecule has 2 atom stereocenters. The topological polar surface area (TPSA) is 50.4 Å². The number of ether oxygens (including phenoxy) is 1. The first-order chi connectivity index (χ1) is 6.21. The Morgan fingerprint density at radius 1 is 1.62 bits per heavy atom. The lowest BCUT2D eigenvalue weighted by Crippen LogP contribution is -2.55. The summed E-state index contributed by atoms with van der Waals surface area (Å²) >= 11 is 0. The molecule has 2 heterocycles. The maximum Gasteiger partial charge on any atom is 0.246 e. The first-order valence-corrected chi connectivity index (χ1v) is 4.82. The Bertz CT molecular complexity index is 202. The average Bonchev–Trinajstić information content (AvgIpc) is 2.63. The minimum Gasteiger partial charge on any atom is -0.363 e. The predicted molar refractivity (Wildman–Crippen MR) is 48.3 cm³/mol. The largest absolute Gasteiger partial charge is 0.363 e. The van der Waals surface area contributed by atoms with Gasteiger partial charge in [0.1, 0.15) is 6.61 Å². The second-order valence-electron chi connectivity index (χ2n) is 4.07. The van der Waals surface area contributed by atoms with E-state index in [1.54, 1.807) is 0 Å². The van der Waals surface area contributed by atoms with Gasteiger partial charge in [0, 0.05) is 19.0 Å². The molecule has 0 bridgehead atoms. The molecule has 2 fully saturated rings. The maximum absolute atomic E-state index is 10.9. The van der Waals surface area contributed by atoms with Crippen molar-refractivity contribution < 1.29 is 9.53 Å². The van der Waals surface area contributed by atoms with Gasteiger partial charge in [0.05, 0.1) is 5.60 Å². The summed E-state index contributed by atoms with van der Waals surface area (Å²) in [6, 6.07) is 0. The minimum absolute atomic E-state index is 0.00318. The fraction of sp³-hybridized carbons (Fsp3) is 0.889. The lowest BCUT2D eigenvalue weighted by atomic mass is 9.87. The van der Waals surface area contributed by atoms with Gasteiger partial charge in [-0.1, -0.05) is 0 Å². The Kier molecular flexibility index (Phi) is 2.26. The third kappa shape index (κ3) is 1.69. The molecular formula is C9H16N2O2. The summed E-state index contributed by atoms with van der Waals surface area (Å²) in [5.41, 5.74) is -0.155. The van der Waals surface area contributed by atoms with Crippen molar-refractivity contribution >= 4 is 5.91 Å². The summed E-state index contributed by atoms with van der Waals surface area (Å²) in [4.78, 5) is 10.9. The average molecular weight is 184 g/mol. The Labute approximate surface area is 78.0 Å². The van der Waals surface area contributed by atoms with E-state index in [1.165, 1.54) is 0 Å². The molecule has 2 aliphatic rings. The third-order valence-electron chi connectivity index (χ3n) is 3.09. The van der Waals surface area contributed by atoms with E-state index in [-0.39, 0.29) is 18.1 Å². The zero-order valence-electron chi connectivity index (χ0n) is 7.93. The lowest BCUT2D eigenvalue weighted by molar-refractivity contribution is -0.147. The first-order valence-electron chi connectivity index (χ1n) is 4.82. The number of hydrogen-bond donors (Lipinski definition) is 2. The molecule has 0 aromatic carbocycles. The van der Waals surface area contributed by atoms with Crippen molar-refractivity contribution in [1.29, 1.82) is 0 Å². The van der Waals surface area contributed by atoms with Crippen molar-refractivity contribution in [1.82, 2.24) is 10.6 Å². The van der Waals surface area contributed by atoms with Crippen LogP contribution in [0.15, 0.2) is 0 Å². The van der Waals surface area contributed by atoms with Crippen LogP contribution in [0.1, 0.15) is 13.3 Å². The van der Waals surface area contributed by atoms with Crippen LogP contribution in [0.3, 0.4) is 0 Å². The van der Waals surface area contributed by atoms with Gasteiger partial charge in [0.2, 0.25) is 5.91 Å². The molecule has 4 nitrogen and oxygen atoms in total. The molecule has 13 heavy (non-hydrogen) atoms. The summed E-state index contributed by atoms with van der Waals surface area (Å²) < 4.78 is 5.61. The van der Waals surface area contributed by atoms with E-state index in [4.69, 9.17) is 4.74 Å². The number of hydrogen-bond acceptors (Lipinski definition) is 3. The molecule has 2 unspecified atom stereocenters. The summed E-state index contributed by atoms with van der Waals surface area (Å²) in [7, 11) is 0. The van der Waals surface area contributed by atoms with Gasteiger partial charge in [0.25, 0.3) is 0 Å². The second-order valence-corrected chi connectivity index (χ2v) is 4.07. The van der Waals surface area contributed by atoms with E-state index < -0.39 is 0 Å². The molecule has 2 aliphatic heterocycles. The van der Waals surface area contributed by atoms with Crippen molar-refractivity contribution in [3.8, 4) is 0 Å². The van der Waals surface area contributed by atoms with E-state index >= 15 is 0 Å². The van der Waals surface area contributed by atoms with Crippen LogP contribution < -0.4 is 10.6 Å². The molecule has 0 radical (unpaired) electrons. The molecule has 0 spiro atoms. The highest BCUT2D eigenvalue weighted by atomic mass is 16.5. The normalized spacial score (nSPS) is 40.4. The number of carbonyl (C=O) groups excluding carboxylic acids is 1. The highest BCUT2D eigenvalue weighted by Gasteiger charge is 2.39. The van der Waals surface area contributed by atoms with Gasteiger partial charge in [-0.3, -0.25) is 4.79 Å². The number of rotatable bonds is 1. The van der Waals surface area contributed by atoms with Crippen LogP contribution in [0.2, 0.25) is 0 Å². The van der Waals surface area contributed by atoms with Crippen molar-refractivity contribution in [3.63, 3.8) is 0 Å². The van der Waals surface area contributed by atoms with Gasteiger partial charge in [-0.05, 0) is 19.9 Å². The van der Waals surface area contributed by atoms with Gasteiger partial charge < -0.3 is 15.4 Å². The molecule has 0 saturated carbocycles. The molecule has 0 aliphatic carbocycles. The second kappa shape index (κ2) is 3.27. The summed E-state index contributed by atoms with van der Waals surface area (Å²) in [5, 5.41) is 6.17. The van der Waals surface area contributed by atoms with E-state index in [0.717, 1.165) is 19.5 Å². The van der Waals surface area contributed by atoms with E-state index in [2.05, 4.69) is 17.6 Å². The van der Waals surface area contributed by atoms with Gasteiger partial charge in [0.15, 0.2) is 0 Å². The molecule has 0 aromatic rings.